The molecule has 4 heterocycles. The number of nitrogens with zero attached hydrogens (tertiary/aromatic N) is 6. The molecule has 2 aromatic rings. The summed E-state index contributed by atoms with van der Waals surface area (Å²) in [6, 6.07) is 4.11. The first-order chi connectivity index (χ1) is 20.9. The third-order valence-electron chi connectivity index (χ3n) is 9.04. The first-order valence-corrected chi connectivity index (χ1v) is 16.1. The van der Waals surface area contributed by atoms with Gasteiger partial charge in [-0.15, -0.1) is 0 Å². The second-order valence-corrected chi connectivity index (χ2v) is 12.4. The van der Waals surface area contributed by atoms with Crippen molar-refractivity contribution in [3.8, 4) is 0 Å². The van der Waals surface area contributed by atoms with Gasteiger partial charge in [0, 0.05) is 50.7 Å². The van der Waals surface area contributed by atoms with Gasteiger partial charge in [0.1, 0.15) is 11.6 Å². The van der Waals surface area contributed by atoms with Gasteiger partial charge in [-0.3, -0.25) is 4.90 Å². The van der Waals surface area contributed by atoms with E-state index in [4.69, 9.17) is 4.98 Å². The number of nitrogens with one attached hydrogen (secondary N) is 2. The highest BCUT2D eigenvalue weighted by molar-refractivity contribution is 5.75. The Kier molecular flexibility index (Phi) is 10.9. The van der Waals surface area contributed by atoms with Crippen LogP contribution >= 0.6 is 0 Å². The zero-order chi connectivity index (χ0) is 30.2. The van der Waals surface area contributed by atoms with E-state index in [9.17, 15) is 0 Å². The van der Waals surface area contributed by atoms with E-state index in [1.807, 2.05) is 26.2 Å². The van der Waals surface area contributed by atoms with E-state index in [1.165, 1.54) is 61.9 Å². The van der Waals surface area contributed by atoms with Gasteiger partial charge in [-0.2, -0.15) is 0 Å². The predicted molar refractivity (Wildman–Crippen MR) is 173 cm³/mol. The number of anilines is 2. The molecule has 2 aliphatic heterocycles. The Hall–Kier alpha value is -3.14. The Morgan fingerprint density at radius 2 is 1.81 bits per heavy atom. The Morgan fingerprint density at radius 3 is 2.58 bits per heavy atom. The Bertz CT molecular complexity index is 1310. The van der Waals surface area contributed by atoms with Gasteiger partial charge in [0.2, 0.25) is 5.95 Å². The van der Waals surface area contributed by atoms with Crippen molar-refractivity contribution in [2.75, 3.05) is 52.1 Å². The molecule has 43 heavy (non-hydrogen) atoms. The molecule has 0 unspecified atom stereocenters. The maximum atomic E-state index is 15.2. The lowest BCUT2D eigenvalue weighted by Gasteiger charge is -2.31. The van der Waals surface area contributed by atoms with E-state index in [-0.39, 0.29) is 12.4 Å². The number of halogens is 1. The molecule has 8 nitrogen and oxygen atoms in total. The summed E-state index contributed by atoms with van der Waals surface area (Å²) in [7, 11) is 4.24. The molecule has 0 aromatic carbocycles. The topological polar surface area (TPSA) is 72.5 Å². The summed E-state index contributed by atoms with van der Waals surface area (Å²) in [6.45, 7) is 9.73. The van der Waals surface area contributed by atoms with Crippen LogP contribution in [0, 0.1) is 12.8 Å². The van der Waals surface area contributed by atoms with Crippen molar-refractivity contribution in [2.24, 2.45) is 5.92 Å². The Labute approximate surface area is 257 Å². The van der Waals surface area contributed by atoms with Crippen LogP contribution in [0.25, 0.3) is 5.57 Å². The minimum Gasteiger partial charge on any atom is -0.315 e. The molecule has 0 spiro atoms. The summed E-state index contributed by atoms with van der Waals surface area (Å²) in [4.78, 5) is 19.0. The van der Waals surface area contributed by atoms with Crippen LogP contribution < -0.4 is 10.7 Å². The van der Waals surface area contributed by atoms with Gasteiger partial charge < -0.3 is 15.2 Å². The SMILES string of the molecule is CC/C1=C(/C2CCCC2)N(C)NC/C(F)=C\C(c2nc(Nc3ccc(CN4CCCCN(C)CC4)cn3)ncc2C)=C/C1. The van der Waals surface area contributed by atoms with Gasteiger partial charge in [0.15, 0.2) is 0 Å². The van der Waals surface area contributed by atoms with Crippen LogP contribution in [-0.2, 0) is 6.54 Å². The molecule has 0 bridgehead atoms. The average Bonchev–Trinajstić information content (AvgIpc) is 3.53. The second-order valence-electron chi connectivity index (χ2n) is 12.4. The number of hydrogen-bond acceptors (Lipinski definition) is 8. The molecule has 2 fully saturated rings. The summed E-state index contributed by atoms with van der Waals surface area (Å²) in [5.41, 5.74) is 9.66. The molecule has 2 N–H and O–H groups in total. The number of aromatic nitrogens is 3. The fourth-order valence-electron chi connectivity index (χ4n) is 6.56. The third-order valence-corrected chi connectivity index (χ3v) is 9.04. The first-order valence-electron chi connectivity index (χ1n) is 16.1. The molecule has 3 aliphatic rings. The number of hydrogen-bond donors (Lipinski definition) is 2. The highest BCUT2D eigenvalue weighted by atomic mass is 19.1. The predicted octanol–water partition coefficient (Wildman–Crippen LogP) is 6.38. The molecule has 0 radical (unpaired) electrons. The Morgan fingerprint density at radius 1 is 1.00 bits per heavy atom. The summed E-state index contributed by atoms with van der Waals surface area (Å²) in [5, 5.41) is 5.35. The van der Waals surface area contributed by atoms with Crippen LogP contribution in [0.15, 0.2) is 53.8 Å². The van der Waals surface area contributed by atoms with Crippen LogP contribution in [0.5, 0.6) is 0 Å². The number of hydrazine groups is 1. The molecule has 1 saturated heterocycles. The Balaban J connectivity index is 1.33. The molecular formula is C34H49FN8. The fourth-order valence-corrected chi connectivity index (χ4v) is 6.56. The zero-order valence-corrected chi connectivity index (χ0v) is 26.5. The largest absolute Gasteiger partial charge is 0.315 e. The van der Waals surface area contributed by atoms with Crippen molar-refractivity contribution < 1.29 is 4.39 Å². The number of allylic oxidation sites excluding steroid dienone is 5. The van der Waals surface area contributed by atoms with E-state index in [1.54, 1.807) is 12.3 Å². The van der Waals surface area contributed by atoms with Crippen LogP contribution in [0.2, 0.25) is 0 Å². The van der Waals surface area contributed by atoms with Gasteiger partial charge in [0.25, 0.3) is 0 Å². The molecule has 232 valence electrons. The van der Waals surface area contributed by atoms with Crippen molar-refractivity contribution in [1.29, 1.82) is 0 Å². The van der Waals surface area contributed by atoms with E-state index >= 15 is 4.39 Å². The molecule has 0 amide bonds. The normalized spacial score (nSPS) is 24.5. The number of likely N-dealkylation sites (N-methyl/N-ethyl adjacent to an activating group) is 1. The van der Waals surface area contributed by atoms with Gasteiger partial charge in [-0.05, 0) is 100 Å². The monoisotopic (exact) mass is 588 g/mol. The van der Waals surface area contributed by atoms with Gasteiger partial charge in [-0.25, -0.2) is 24.8 Å². The van der Waals surface area contributed by atoms with Crippen LogP contribution in [0.3, 0.4) is 0 Å². The summed E-state index contributed by atoms with van der Waals surface area (Å²) in [6.07, 6.45) is 16.6. The minimum absolute atomic E-state index is 0.140. The van der Waals surface area contributed by atoms with Crippen LogP contribution in [0.4, 0.5) is 16.2 Å². The zero-order valence-electron chi connectivity index (χ0n) is 26.5. The van der Waals surface area contributed by atoms with E-state index < -0.39 is 0 Å². The van der Waals surface area contributed by atoms with Crippen molar-refractivity contribution in [1.82, 2.24) is 35.2 Å². The lowest BCUT2D eigenvalue weighted by Crippen LogP contribution is -2.37. The second kappa shape index (κ2) is 15.0. The highest BCUT2D eigenvalue weighted by Crippen LogP contribution is 2.36. The molecule has 9 heteroatoms. The molecule has 1 aliphatic carbocycles. The van der Waals surface area contributed by atoms with Crippen molar-refractivity contribution in [3.05, 3.63) is 70.6 Å². The van der Waals surface area contributed by atoms with Crippen molar-refractivity contribution in [3.63, 3.8) is 0 Å². The maximum Gasteiger partial charge on any atom is 0.228 e. The summed E-state index contributed by atoms with van der Waals surface area (Å²) in [5.74, 6) is 1.45. The van der Waals surface area contributed by atoms with E-state index in [2.05, 4.69) is 61.6 Å². The van der Waals surface area contributed by atoms with Gasteiger partial charge in [-0.1, -0.05) is 31.9 Å². The van der Waals surface area contributed by atoms with Crippen molar-refractivity contribution in [2.45, 2.75) is 71.8 Å². The molecule has 1 saturated carbocycles. The smallest absolute Gasteiger partial charge is 0.228 e. The maximum absolute atomic E-state index is 15.2. The van der Waals surface area contributed by atoms with E-state index in [0.717, 1.165) is 55.9 Å². The lowest BCUT2D eigenvalue weighted by atomic mass is 9.94. The molecular weight excluding hydrogens is 539 g/mol. The molecule has 5 rings (SSSR count). The van der Waals surface area contributed by atoms with E-state index in [0.29, 0.717) is 17.7 Å². The fraction of sp³-hybridized carbons (Fsp3) is 0.559. The number of pyridine rings is 1. The quantitative estimate of drug-likeness (QED) is 0.386. The standard InChI is InChI=1S/C34H49FN8/c1-5-27-13-14-29(20-30(35)23-38-42(4)33(27)28-10-6-7-11-28)32-25(2)21-37-34(40-32)39-31-15-12-26(22-36-31)24-43-17-9-8-16-41(3)18-19-43/h12,14-15,20-22,28,38H,5-11,13,16-19,23-24H2,1-4H3,(H,36,37,39,40)/b29-14+,30-20+,33-27+. The molecule has 2 aromatic heterocycles. The average molecular weight is 589 g/mol. The van der Waals surface area contributed by atoms with Crippen LogP contribution in [0.1, 0.15) is 75.1 Å². The lowest BCUT2D eigenvalue weighted by molar-refractivity contribution is 0.188. The minimum atomic E-state index is -0.222. The van der Waals surface area contributed by atoms with Crippen molar-refractivity contribution >= 4 is 17.3 Å². The summed E-state index contributed by atoms with van der Waals surface area (Å²) >= 11 is 0. The van der Waals surface area contributed by atoms with Crippen LogP contribution in [-0.4, -0.2) is 76.6 Å². The third kappa shape index (κ3) is 8.49. The number of aryl methyl sites for hydroxylation is 1. The summed E-state index contributed by atoms with van der Waals surface area (Å²) < 4.78 is 15.2. The van der Waals surface area contributed by atoms with Gasteiger partial charge in [0.05, 0.1) is 12.2 Å². The first kappa shape index (κ1) is 31.3. The van der Waals surface area contributed by atoms with Gasteiger partial charge >= 0.3 is 0 Å². The highest BCUT2D eigenvalue weighted by Gasteiger charge is 2.25. The number of rotatable bonds is 7. The molecule has 0 atom stereocenters.